The number of carbonyl (C=O) groups is 2. The van der Waals surface area contributed by atoms with Crippen LogP contribution in [0.2, 0.25) is 0 Å². The number of likely N-dealkylation sites (N-methyl/N-ethyl adjacent to an activating group) is 1. The average Bonchev–Trinajstić information content (AvgIpc) is 2.91. The van der Waals surface area contributed by atoms with E-state index in [1.54, 1.807) is 11.0 Å². The summed E-state index contributed by atoms with van der Waals surface area (Å²) in [6.07, 6.45) is 0. The molecule has 0 saturated carbocycles. The Morgan fingerprint density at radius 1 is 1.16 bits per heavy atom. The van der Waals surface area contributed by atoms with E-state index in [1.807, 2.05) is 56.6 Å². The minimum Gasteiger partial charge on any atom is -0.343 e. The molecule has 2 rings (SSSR count). The Morgan fingerprint density at radius 2 is 1.88 bits per heavy atom. The lowest BCUT2D eigenvalue weighted by atomic mass is 10.1. The highest BCUT2D eigenvalue weighted by atomic mass is 16.2. The van der Waals surface area contributed by atoms with E-state index in [-0.39, 0.29) is 18.4 Å². The molecule has 0 saturated heterocycles. The molecule has 1 aromatic heterocycles. The molecule has 1 N–H and O–H groups in total. The van der Waals surface area contributed by atoms with Crippen LogP contribution in [0.4, 0.5) is 0 Å². The molecule has 134 valence electrons. The van der Waals surface area contributed by atoms with Crippen LogP contribution in [0, 0.1) is 13.8 Å². The summed E-state index contributed by atoms with van der Waals surface area (Å²) in [6.45, 7) is 9.72. The van der Waals surface area contributed by atoms with Crippen molar-refractivity contribution < 1.29 is 9.59 Å². The molecule has 6 nitrogen and oxygen atoms in total. The maximum atomic E-state index is 12.3. The maximum absolute atomic E-state index is 12.3. The SMILES string of the molecule is CCN(CC)C(=O)CNC(=O)c1cccc(Cn2nc(C)cc2C)c1. The molecule has 0 aliphatic rings. The molecule has 0 spiro atoms. The Kier molecular flexibility index (Phi) is 6.33. The molecule has 0 aliphatic carbocycles. The van der Waals surface area contributed by atoms with Gasteiger partial charge in [-0.2, -0.15) is 5.10 Å². The number of hydrogen-bond donors (Lipinski definition) is 1. The molecule has 0 fully saturated rings. The van der Waals surface area contributed by atoms with Crippen LogP contribution in [0.25, 0.3) is 0 Å². The zero-order chi connectivity index (χ0) is 18.4. The number of nitrogens with zero attached hydrogens (tertiary/aromatic N) is 3. The molecule has 1 heterocycles. The van der Waals surface area contributed by atoms with Crippen LogP contribution < -0.4 is 5.32 Å². The first-order valence-electron chi connectivity index (χ1n) is 8.60. The molecular weight excluding hydrogens is 316 g/mol. The van der Waals surface area contributed by atoms with Gasteiger partial charge in [0.05, 0.1) is 18.8 Å². The van der Waals surface area contributed by atoms with Crippen LogP contribution in [0.15, 0.2) is 30.3 Å². The molecule has 0 radical (unpaired) electrons. The number of rotatable bonds is 7. The normalized spacial score (nSPS) is 10.6. The molecule has 0 aliphatic heterocycles. The summed E-state index contributed by atoms with van der Waals surface area (Å²) in [4.78, 5) is 26.0. The first-order valence-corrected chi connectivity index (χ1v) is 8.60. The van der Waals surface area contributed by atoms with Gasteiger partial charge >= 0.3 is 0 Å². The highest BCUT2D eigenvalue weighted by Gasteiger charge is 2.12. The predicted octanol–water partition coefficient (Wildman–Crippen LogP) is 2.15. The quantitative estimate of drug-likeness (QED) is 0.838. The predicted molar refractivity (Wildman–Crippen MR) is 97.5 cm³/mol. The second-order valence-electron chi connectivity index (χ2n) is 6.03. The third kappa shape index (κ3) is 4.92. The number of amides is 2. The second kappa shape index (κ2) is 8.46. The number of carbonyl (C=O) groups excluding carboxylic acids is 2. The van der Waals surface area contributed by atoms with Crippen molar-refractivity contribution >= 4 is 11.8 Å². The summed E-state index contributed by atoms with van der Waals surface area (Å²) >= 11 is 0. The smallest absolute Gasteiger partial charge is 0.251 e. The van der Waals surface area contributed by atoms with Crippen molar-refractivity contribution in [3.8, 4) is 0 Å². The van der Waals surface area contributed by atoms with Gasteiger partial charge in [-0.25, -0.2) is 0 Å². The van der Waals surface area contributed by atoms with Crippen LogP contribution in [0.5, 0.6) is 0 Å². The molecule has 6 heteroatoms. The lowest BCUT2D eigenvalue weighted by Gasteiger charge is -2.18. The third-order valence-corrected chi connectivity index (χ3v) is 4.14. The zero-order valence-corrected chi connectivity index (χ0v) is 15.4. The van der Waals surface area contributed by atoms with Gasteiger partial charge in [-0.15, -0.1) is 0 Å². The van der Waals surface area contributed by atoms with Crippen molar-refractivity contribution in [2.75, 3.05) is 19.6 Å². The van der Waals surface area contributed by atoms with Gasteiger partial charge in [-0.1, -0.05) is 12.1 Å². The highest BCUT2D eigenvalue weighted by molar-refractivity contribution is 5.96. The largest absolute Gasteiger partial charge is 0.343 e. The van der Waals surface area contributed by atoms with E-state index in [0.717, 1.165) is 17.0 Å². The summed E-state index contributed by atoms with van der Waals surface area (Å²) in [5.41, 5.74) is 3.60. The number of hydrogen-bond acceptors (Lipinski definition) is 3. The van der Waals surface area contributed by atoms with E-state index in [9.17, 15) is 9.59 Å². The van der Waals surface area contributed by atoms with E-state index in [4.69, 9.17) is 0 Å². The Hall–Kier alpha value is -2.63. The molecule has 2 aromatic rings. The van der Waals surface area contributed by atoms with Crippen LogP contribution in [0.1, 0.15) is 41.2 Å². The van der Waals surface area contributed by atoms with Crippen LogP contribution >= 0.6 is 0 Å². The van der Waals surface area contributed by atoms with Crippen LogP contribution in [0.3, 0.4) is 0 Å². The molecule has 0 atom stereocenters. The summed E-state index contributed by atoms with van der Waals surface area (Å²) in [6, 6.07) is 9.43. The fourth-order valence-electron chi connectivity index (χ4n) is 2.76. The van der Waals surface area contributed by atoms with Gasteiger partial charge in [0.25, 0.3) is 5.91 Å². The zero-order valence-electron chi connectivity index (χ0n) is 15.4. The number of benzene rings is 1. The van der Waals surface area contributed by atoms with E-state index in [2.05, 4.69) is 10.4 Å². The molecule has 1 aromatic carbocycles. The topological polar surface area (TPSA) is 67.2 Å². The lowest BCUT2D eigenvalue weighted by Crippen LogP contribution is -2.40. The first-order chi connectivity index (χ1) is 11.9. The number of aryl methyl sites for hydroxylation is 2. The Balaban J connectivity index is 2.01. The van der Waals surface area contributed by atoms with Gasteiger partial charge < -0.3 is 10.2 Å². The molecule has 0 bridgehead atoms. The van der Waals surface area contributed by atoms with Crippen molar-refractivity contribution in [3.63, 3.8) is 0 Å². The van der Waals surface area contributed by atoms with E-state index < -0.39 is 0 Å². The Bertz CT molecular complexity index is 748. The number of aromatic nitrogens is 2. The van der Waals surface area contributed by atoms with Gasteiger partial charge in [0.1, 0.15) is 0 Å². The summed E-state index contributed by atoms with van der Waals surface area (Å²) in [5.74, 6) is -0.312. The average molecular weight is 342 g/mol. The van der Waals surface area contributed by atoms with Gasteiger partial charge in [-0.3, -0.25) is 14.3 Å². The molecular formula is C19H26N4O2. The number of nitrogens with one attached hydrogen (secondary N) is 1. The monoisotopic (exact) mass is 342 g/mol. The summed E-state index contributed by atoms with van der Waals surface area (Å²) < 4.78 is 1.91. The minimum absolute atomic E-state index is 0.0161. The van der Waals surface area contributed by atoms with Gasteiger partial charge in [-0.05, 0) is 51.5 Å². The fourth-order valence-corrected chi connectivity index (χ4v) is 2.76. The first kappa shape index (κ1) is 18.7. The maximum Gasteiger partial charge on any atom is 0.251 e. The highest BCUT2D eigenvalue weighted by Crippen LogP contribution is 2.10. The Labute approximate surface area is 148 Å². The second-order valence-corrected chi connectivity index (χ2v) is 6.03. The molecule has 2 amide bonds. The van der Waals surface area contributed by atoms with Crippen molar-refractivity contribution in [2.24, 2.45) is 0 Å². The third-order valence-electron chi connectivity index (χ3n) is 4.14. The van der Waals surface area contributed by atoms with E-state index >= 15 is 0 Å². The van der Waals surface area contributed by atoms with Gasteiger partial charge in [0, 0.05) is 24.3 Å². The lowest BCUT2D eigenvalue weighted by molar-refractivity contribution is -0.129. The van der Waals surface area contributed by atoms with E-state index in [1.165, 1.54) is 0 Å². The van der Waals surface area contributed by atoms with Gasteiger partial charge in [0.2, 0.25) is 5.91 Å². The van der Waals surface area contributed by atoms with Gasteiger partial charge in [0.15, 0.2) is 0 Å². The molecule has 0 unspecified atom stereocenters. The van der Waals surface area contributed by atoms with Crippen molar-refractivity contribution in [3.05, 3.63) is 52.8 Å². The van der Waals surface area contributed by atoms with Crippen molar-refractivity contribution in [1.82, 2.24) is 20.0 Å². The summed E-state index contributed by atoms with van der Waals surface area (Å²) in [7, 11) is 0. The van der Waals surface area contributed by atoms with E-state index in [0.29, 0.717) is 25.2 Å². The fraction of sp³-hybridized carbons (Fsp3) is 0.421. The summed E-state index contributed by atoms with van der Waals surface area (Å²) in [5, 5.41) is 7.15. The standard InChI is InChI=1S/C19H26N4O2/c1-5-22(6-2)18(24)12-20-19(25)17-9-7-8-16(11-17)13-23-15(4)10-14(3)21-23/h7-11H,5-6,12-13H2,1-4H3,(H,20,25). The molecule has 25 heavy (non-hydrogen) atoms. The van der Waals surface area contributed by atoms with Crippen LogP contribution in [-0.4, -0.2) is 46.1 Å². The Morgan fingerprint density at radius 3 is 2.48 bits per heavy atom. The van der Waals surface area contributed by atoms with Crippen LogP contribution in [-0.2, 0) is 11.3 Å². The van der Waals surface area contributed by atoms with Crippen molar-refractivity contribution in [1.29, 1.82) is 0 Å². The minimum atomic E-state index is -0.240. The van der Waals surface area contributed by atoms with Crippen molar-refractivity contribution in [2.45, 2.75) is 34.2 Å².